The number of hydrogen-bond acceptors (Lipinski definition) is 13. The summed E-state index contributed by atoms with van der Waals surface area (Å²) in [4.78, 5) is 85.4. The van der Waals surface area contributed by atoms with Crippen molar-refractivity contribution in [3.05, 3.63) is 122 Å². The van der Waals surface area contributed by atoms with E-state index in [1.54, 1.807) is 6.07 Å². The van der Waals surface area contributed by atoms with E-state index < -0.39 is 82.5 Å². The van der Waals surface area contributed by atoms with Crippen LogP contribution in [-0.2, 0) is 11.8 Å². The summed E-state index contributed by atoms with van der Waals surface area (Å²) < 4.78 is 5.56. The molecule has 0 aliphatic heterocycles. The molecule has 1 aromatic carbocycles. The molecule has 0 unspecified atom stereocenters. The average molecular weight is 719 g/mol. The standard InChI is InChI=1S/C31H19BrN4O10S/c1-36(30(45)29-33-9-15(32)47-29)34-8-12-6-11-5-10-3-4-31(21(10)25(41)16(11)28(44)35-12)26(42)19-20(27(31)43)24(40)18-17(23(19)39)13(37)7-14(46-2)22(18)38/h5-9,41-43H,3-4H2,1-2H3,(H,35,44)/t31-/m0/s1. The molecular weight excluding hydrogens is 700 g/mol. The number of aromatic amines is 1. The number of aryl methyl sites for hydroxylation is 1. The van der Waals surface area contributed by atoms with Gasteiger partial charge in [-0.3, -0.25) is 28.8 Å². The summed E-state index contributed by atoms with van der Waals surface area (Å²) >= 11 is 4.36. The first-order chi connectivity index (χ1) is 22.3. The van der Waals surface area contributed by atoms with Gasteiger partial charge in [-0.1, -0.05) is 6.07 Å². The number of nitrogens with zero attached hydrogens (tertiary/aromatic N) is 3. The topological polar surface area (TPSA) is 217 Å². The van der Waals surface area contributed by atoms with Crippen LogP contribution in [0.3, 0.4) is 0 Å². The molecule has 0 saturated carbocycles. The predicted octanol–water partition coefficient (Wildman–Crippen LogP) is -0.161. The van der Waals surface area contributed by atoms with Gasteiger partial charge in [-0.05, 0) is 45.8 Å². The van der Waals surface area contributed by atoms with Crippen LogP contribution in [0.2, 0.25) is 0 Å². The van der Waals surface area contributed by atoms with Crippen molar-refractivity contribution in [1.82, 2.24) is 15.0 Å². The summed E-state index contributed by atoms with van der Waals surface area (Å²) in [7, 11) is 2.52. The Morgan fingerprint density at radius 3 is 2.36 bits per heavy atom. The number of halogens is 1. The number of amides is 1. The smallest absolute Gasteiger partial charge is 0.302 e. The highest BCUT2D eigenvalue weighted by atomic mass is 79.9. The lowest BCUT2D eigenvalue weighted by Gasteiger charge is -2.27. The lowest BCUT2D eigenvalue weighted by Crippen LogP contribution is -2.51. The zero-order valence-corrected chi connectivity index (χ0v) is 26.5. The molecule has 7 rings (SSSR count). The Hall–Kier alpha value is -5.48. The third-order valence-electron chi connectivity index (χ3n) is 8.60. The average Bonchev–Trinajstić information content (AvgIpc) is 3.71. The van der Waals surface area contributed by atoms with Gasteiger partial charge in [-0.25, -0.2) is 9.99 Å². The number of pyridine rings is 1. The maximum absolute atomic E-state index is 13.6. The predicted molar refractivity (Wildman–Crippen MR) is 173 cm³/mol. The second-order valence-corrected chi connectivity index (χ2v) is 13.4. The molecule has 0 bridgehead atoms. The number of hydrazone groups is 1. The van der Waals surface area contributed by atoms with E-state index in [-0.39, 0.29) is 39.9 Å². The minimum Gasteiger partial charge on any atom is -0.510 e. The minimum absolute atomic E-state index is 0.104. The summed E-state index contributed by atoms with van der Waals surface area (Å²) in [6.45, 7) is 0. The van der Waals surface area contributed by atoms with Crippen molar-refractivity contribution in [3.63, 3.8) is 0 Å². The number of phenols is 1. The highest BCUT2D eigenvalue weighted by Crippen LogP contribution is 2.54. The number of carbonyl (C=O) groups excluding carboxylic acids is 1. The van der Waals surface area contributed by atoms with Gasteiger partial charge in [0.1, 0.15) is 22.7 Å². The van der Waals surface area contributed by atoms with Gasteiger partial charge in [-0.2, -0.15) is 5.10 Å². The minimum atomic E-state index is -2.01. The van der Waals surface area contributed by atoms with Gasteiger partial charge >= 0.3 is 5.91 Å². The quantitative estimate of drug-likeness (QED) is 0.141. The highest BCUT2D eigenvalue weighted by Gasteiger charge is 2.53. The van der Waals surface area contributed by atoms with E-state index in [1.165, 1.54) is 25.5 Å². The van der Waals surface area contributed by atoms with E-state index in [9.17, 15) is 44.1 Å². The Morgan fingerprint density at radius 1 is 1.04 bits per heavy atom. The number of benzene rings is 1. The number of ether oxygens (including phenoxy) is 1. The number of methoxy groups -OCH3 is 1. The molecule has 1 atom stereocenters. The summed E-state index contributed by atoms with van der Waals surface area (Å²) in [5, 5.41) is 37.2. The summed E-state index contributed by atoms with van der Waals surface area (Å²) in [5.74, 6) is -3.16. The number of phenolic OH excluding ortho intramolecular Hbond substituents is 1. The Morgan fingerprint density at radius 2 is 1.72 bits per heavy atom. The van der Waals surface area contributed by atoms with Gasteiger partial charge in [0.25, 0.3) is 5.56 Å². The molecule has 2 aromatic heterocycles. The second kappa shape index (κ2) is 10.3. The third-order valence-corrected chi connectivity index (χ3v) is 10.1. The van der Waals surface area contributed by atoms with Crippen molar-refractivity contribution in [2.24, 2.45) is 5.10 Å². The molecule has 47 heavy (non-hydrogen) atoms. The molecular formula is C31H19BrN4O10S. The molecule has 0 fully saturated rings. The lowest BCUT2D eigenvalue weighted by molar-refractivity contribution is 0.0800. The van der Waals surface area contributed by atoms with Crippen LogP contribution in [0.5, 0.6) is 11.5 Å². The van der Waals surface area contributed by atoms with Gasteiger partial charge < -0.3 is 25.0 Å². The van der Waals surface area contributed by atoms with E-state index in [2.05, 4.69) is 31.0 Å². The molecule has 16 heteroatoms. The lowest BCUT2D eigenvalue weighted by atomic mass is 9.78. The van der Waals surface area contributed by atoms with E-state index in [4.69, 9.17) is 4.74 Å². The normalized spacial score (nSPS) is 16.9. The molecule has 4 aliphatic rings. The fourth-order valence-corrected chi connectivity index (χ4v) is 7.71. The van der Waals surface area contributed by atoms with Gasteiger partial charge in [0.2, 0.25) is 16.3 Å². The van der Waals surface area contributed by atoms with E-state index in [0.29, 0.717) is 9.35 Å². The SMILES string of the molecule is COc1cc(=O)c2c(=O)c3c(c(=O)c=2c1=O)=C(O)[C@]1(CCc2cc4cc(C=NN(C)C(=O)c5ncc(Br)s5)[nH]c(=O)c4c(O)c21)C=3O. The zero-order valence-electron chi connectivity index (χ0n) is 24.1. The first kappa shape index (κ1) is 30.2. The number of carbonyl (C=O) groups is 1. The second-order valence-electron chi connectivity index (χ2n) is 11.0. The fraction of sp³-hybridized carbons (Fsp3) is 0.161. The first-order valence-corrected chi connectivity index (χ1v) is 15.3. The maximum atomic E-state index is 13.6. The number of H-pyrrole nitrogens is 1. The van der Waals surface area contributed by atoms with Crippen molar-refractivity contribution in [2.45, 2.75) is 18.3 Å². The summed E-state index contributed by atoms with van der Waals surface area (Å²) in [6.07, 6.45) is 2.71. The molecule has 14 nitrogen and oxygen atoms in total. The first-order valence-electron chi connectivity index (χ1n) is 13.7. The Bertz CT molecular complexity index is 2780. The van der Waals surface area contributed by atoms with E-state index >= 15 is 0 Å². The molecule has 1 spiro atoms. The van der Waals surface area contributed by atoms with Crippen molar-refractivity contribution < 1.29 is 24.9 Å². The summed E-state index contributed by atoms with van der Waals surface area (Å²) in [6, 6.07) is 3.82. The highest BCUT2D eigenvalue weighted by molar-refractivity contribution is 9.11. The van der Waals surface area contributed by atoms with E-state index in [1.807, 2.05) is 0 Å². The van der Waals surface area contributed by atoms with Crippen molar-refractivity contribution in [1.29, 1.82) is 0 Å². The Labute approximate surface area is 272 Å². The van der Waals surface area contributed by atoms with E-state index in [0.717, 1.165) is 29.5 Å². The fourth-order valence-electron chi connectivity index (χ4n) is 6.53. The number of rotatable bonds is 4. The van der Waals surface area contributed by atoms with Crippen LogP contribution >= 0.6 is 27.3 Å². The van der Waals surface area contributed by atoms with Crippen LogP contribution in [-0.4, -0.2) is 56.6 Å². The number of aliphatic hydroxyl groups is 2. The van der Waals surface area contributed by atoms with Crippen LogP contribution in [0, 0.1) is 10.4 Å². The number of fused-ring (bicyclic) bond motifs is 4. The van der Waals surface area contributed by atoms with Crippen molar-refractivity contribution in [2.75, 3.05) is 14.2 Å². The molecule has 2 heterocycles. The number of aliphatic hydroxyl groups excluding tert-OH is 2. The van der Waals surface area contributed by atoms with Crippen molar-refractivity contribution in [3.8, 4) is 11.5 Å². The number of thiazole rings is 1. The molecule has 4 aliphatic carbocycles. The van der Waals surface area contributed by atoms with Crippen LogP contribution in [0.1, 0.15) is 33.0 Å². The van der Waals surface area contributed by atoms with Gasteiger partial charge in [0.15, 0.2) is 16.2 Å². The molecule has 0 saturated heterocycles. The number of aromatic nitrogens is 2. The Kier molecular flexibility index (Phi) is 6.59. The zero-order chi connectivity index (χ0) is 33.7. The molecule has 0 radical (unpaired) electrons. The van der Waals surface area contributed by atoms with Crippen LogP contribution in [0.15, 0.2) is 57.3 Å². The van der Waals surface area contributed by atoms with Gasteiger partial charge in [0.05, 0.1) is 55.3 Å². The number of aromatic hydroxyl groups is 1. The third kappa shape index (κ3) is 4.01. The van der Waals surface area contributed by atoms with Crippen molar-refractivity contribution >= 4 is 61.7 Å². The van der Waals surface area contributed by atoms with Crippen LogP contribution in [0.4, 0.5) is 0 Å². The van der Waals surface area contributed by atoms with Gasteiger partial charge in [-0.15, -0.1) is 11.3 Å². The molecule has 3 aromatic rings. The number of nitrogens with one attached hydrogen (secondary N) is 1. The molecule has 4 N–H and O–H groups in total. The largest absolute Gasteiger partial charge is 0.510 e. The van der Waals surface area contributed by atoms with Crippen LogP contribution in [0.25, 0.3) is 22.3 Å². The molecule has 1 amide bonds. The Balaban J connectivity index is 1.41. The number of hydrogen-bond donors (Lipinski definition) is 4. The van der Waals surface area contributed by atoms with Gasteiger partial charge in [0, 0.05) is 18.7 Å². The molecule has 236 valence electrons. The monoisotopic (exact) mass is 718 g/mol. The van der Waals surface area contributed by atoms with Crippen LogP contribution < -0.4 is 42.4 Å². The summed E-state index contributed by atoms with van der Waals surface area (Å²) in [5.41, 5.74) is -6.63. The maximum Gasteiger partial charge on any atom is 0.302 e.